The molecule has 0 saturated heterocycles. The minimum atomic E-state index is 0.388. The first kappa shape index (κ1) is 10.6. The molecule has 0 saturated carbocycles. The van der Waals surface area contributed by atoms with Gasteiger partial charge in [0.15, 0.2) is 0 Å². The van der Waals surface area contributed by atoms with Gasteiger partial charge in [0.05, 0.1) is 6.04 Å². The van der Waals surface area contributed by atoms with Crippen LogP contribution in [0.1, 0.15) is 23.4 Å². The minimum Gasteiger partial charge on any atom is -0.384 e. The Morgan fingerprint density at radius 1 is 1.41 bits per heavy atom. The first-order valence-corrected chi connectivity index (χ1v) is 6.69. The summed E-state index contributed by atoms with van der Waals surface area (Å²) < 4.78 is 0. The molecule has 0 aromatic carbocycles. The van der Waals surface area contributed by atoms with Crippen LogP contribution in [0.4, 0.5) is 11.6 Å². The van der Waals surface area contributed by atoms with Gasteiger partial charge in [-0.25, -0.2) is 4.98 Å². The molecule has 88 valence electrons. The lowest BCUT2D eigenvalue weighted by Crippen LogP contribution is -2.33. The van der Waals surface area contributed by atoms with E-state index in [0.29, 0.717) is 11.9 Å². The van der Waals surface area contributed by atoms with Crippen molar-refractivity contribution in [3.63, 3.8) is 0 Å². The van der Waals surface area contributed by atoms with E-state index in [-0.39, 0.29) is 0 Å². The lowest BCUT2D eigenvalue weighted by atomic mass is 10.0. The van der Waals surface area contributed by atoms with Gasteiger partial charge < -0.3 is 10.6 Å². The quantitative estimate of drug-likeness (QED) is 0.840. The second-order valence-corrected chi connectivity index (χ2v) is 5.34. The summed E-state index contributed by atoms with van der Waals surface area (Å²) in [5.41, 5.74) is 7.19. The summed E-state index contributed by atoms with van der Waals surface area (Å²) in [6.45, 7) is 3.25. The number of nitrogens with two attached hydrogens (primary N) is 1. The Balaban J connectivity index is 1.96. The molecule has 2 N–H and O–H groups in total. The monoisotopic (exact) mass is 245 g/mol. The number of thiophene rings is 1. The fourth-order valence-corrected chi connectivity index (χ4v) is 3.38. The largest absolute Gasteiger partial charge is 0.384 e. The third-order valence-corrected chi connectivity index (χ3v) is 4.32. The van der Waals surface area contributed by atoms with E-state index < -0.39 is 0 Å². The van der Waals surface area contributed by atoms with Gasteiger partial charge in [-0.1, -0.05) is 6.07 Å². The average Bonchev–Trinajstić information content (AvgIpc) is 2.78. The lowest BCUT2D eigenvalue weighted by Gasteiger charge is -2.34. The summed E-state index contributed by atoms with van der Waals surface area (Å²) in [5.74, 6) is 1.57. The molecule has 2 aromatic heterocycles. The number of pyridine rings is 1. The molecule has 1 aliphatic heterocycles. The van der Waals surface area contributed by atoms with Crippen molar-refractivity contribution in [2.75, 3.05) is 17.2 Å². The normalized spacial score (nSPS) is 19.1. The Bertz CT molecular complexity index is 535. The van der Waals surface area contributed by atoms with Gasteiger partial charge in [0.2, 0.25) is 0 Å². The molecule has 1 atom stereocenters. The predicted octanol–water partition coefficient (Wildman–Crippen LogP) is 2.85. The first-order valence-electron chi connectivity index (χ1n) is 5.81. The standard InChI is InChI=1S/C13H15N3S/c1-9-10-6-8-17-11(10)5-7-16(9)13-4-2-3-12(14)15-13/h2-4,6,8-9H,5,7H2,1H3,(H2,14,15). The van der Waals surface area contributed by atoms with E-state index in [4.69, 9.17) is 5.73 Å². The minimum absolute atomic E-state index is 0.388. The van der Waals surface area contributed by atoms with E-state index in [1.165, 1.54) is 10.4 Å². The van der Waals surface area contributed by atoms with Crippen LogP contribution in [0.25, 0.3) is 0 Å². The SMILES string of the molecule is CC1c2ccsc2CCN1c1cccc(N)n1. The van der Waals surface area contributed by atoms with E-state index >= 15 is 0 Å². The van der Waals surface area contributed by atoms with Gasteiger partial charge in [-0.05, 0) is 42.5 Å². The summed E-state index contributed by atoms with van der Waals surface area (Å²) >= 11 is 1.86. The fraction of sp³-hybridized carbons (Fsp3) is 0.308. The fourth-order valence-electron chi connectivity index (χ4n) is 2.42. The zero-order valence-electron chi connectivity index (χ0n) is 9.76. The first-order chi connectivity index (χ1) is 8.25. The Labute approximate surface area is 105 Å². The van der Waals surface area contributed by atoms with Crippen molar-refractivity contribution in [2.24, 2.45) is 0 Å². The number of aromatic nitrogens is 1. The maximum Gasteiger partial charge on any atom is 0.131 e. The van der Waals surface area contributed by atoms with E-state index in [1.807, 2.05) is 29.5 Å². The van der Waals surface area contributed by atoms with Crippen molar-refractivity contribution in [2.45, 2.75) is 19.4 Å². The number of nitrogens with zero attached hydrogens (tertiary/aromatic N) is 2. The zero-order chi connectivity index (χ0) is 11.8. The number of anilines is 2. The maximum atomic E-state index is 5.75. The maximum absolute atomic E-state index is 5.75. The molecular weight excluding hydrogens is 230 g/mol. The predicted molar refractivity (Wildman–Crippen MR) is 72.4 cm³/mol. The number of rotatable bonds is 1. The molecule has 3 nitrogen and oxygen atoms in total. The molecule has 0 aliphatic carbocycles. The highest BCUT2D eigenvalue weighted by Gasteiger charge is 2.25. The van der Waals surface area contributed by atoms with Crippen LogP contribution in [-0.4, -0.2) is 11.5 Å². The Morgan fingerprint density at radius 3 is 3.12 bits per heavy atom. The summed E-state index contributed by atoms with van der Waals surface area (Å²) in [4.78, 5) is 8.25. The molecule has 3 rings (SSSR count). The summed E-state index contributed by atoms with van der Waals surface area (Å²) in [6.07, 6.45) is 1.10. The Hall–Kier alpha value is -1.55. The van der Waals surface area contributed by atoms with Gasteiger partial charge in [-0.2, -0.15) is 0 Å². The van der Waals surface area contributed by atoms with Gasteiger partial charge in [0, 0.05) is 11.4 Å². The molecule has 17 heavy (non-hydrogen) atoms. The third kappa shape index (κ3) is 1.78. The van der Waals surface area contributed by atoms with E-state index in [1.54, 1.807) is 0 Å². The average molecular weight is 245 g/mol. The summed E-state index contributed by atoms with van der Waals surface area (Å²) in [6, 6.07) is 8.44. The molecule has 4 heteroatoms. The highest BCUT2D eigenvalue weighted by Crippen LogP contribution is 2.35. The van der Waals surface area contributed by atoms with Crippen molar-refractivity contribution in [1.29, 1.82) is 0 Å². The summed E-state index contributed by atoms with van der Waals surface area (Å²) in [7, 11) is 0. The molecule has 2 aromatic rings. The third-order valence-electron chi connectivity index (χ3n) is 3.33. The molecule has 1 unspecified atom stereocenters. The summed E-state index contributed by atoms with van der Waals surface area (Å²) in [5, 5.41) is 2.18. The Kier molecular flexibility index (Phi) is 2.52. The number of hydrogen-bond acceptors (Lipinski definition) is 4. The van der Waals surface area contributed by atoms with Gasteiger partial charge in [-0.3, -0.25) is 0 Å². The van der Waals surface area contributed by atoms with Crippen LogP contribution in [-0.2, 0) is 6.42 Å². The topological polar surface area (TPSA) is 42.1 Å². The van der Waals surface area contributed by atoms with Crippen LogP contribution in [0.2, 0.25) is 0 Å². The smallest absolute Gasteiger partial charge is 0.131 e. The van der Waals surface area contributed by atoms with Crippen molar-refractivity contribution < 1.29 is 0 Å². The van der Waals surface area contributed by atoms with Crippen molar-refractivity contribution in [3.8, 4) is 0 Å². The van der Waals surface area contributed by atoms with E-state index in [0.717, 1.165) is 18.8 Å². The highest BCUT2D eigenvalue weighted by atomic mass is 32.1. The van der Waals surface area contributed by atoms with Crippen LogP contribution < -0.4 is 10.6 Å². The Morgan fingerprint density at radius 2 is 2.29 bits per heavy atom. The number of nitrogen functional groups attached to an aromatic ring is 1. The number of fused-ring (bicyclic) bond motifs is 1. The lowest BCUT2D eigenvalue weighted by molar-refractivity contribution is 0.625. The number of hydrogen-bond donors (Lipinski definition) is 1. The van der Waals surface area contributed by atoms with Crippen LogP contribution in [0.3, 0.4) is 0 Å². The van der Waals surface area contributed by atoms with Crippen LogP contribution >= 0.6 is 11.3 Å². The zero-order valence-corrected chi connectivity index (χ0v) is 10.6. The van der Waals surface area contributed by atoms with Crippen LogP contribution in [0.5, 0.6) is 0 Å². The highest BCUT2D eigenvalue weighted by molar-refractivity contribution is 7.10. The second kappa shape index (κ2) is 4.04. The molecule has 0 spiro atoms. The molecule has 0 amide bonds. The van der Waals surface area contributed by atoms with E-state index in [9.17, 15) is 0 Å². The van der Waals surface area contributed by atoms with Crippen molar-refractivity contribution in [3.05, 3.63) is 40.1 Å². The van der Waals surface area contributed by atoms with Gasteiger partial charge in [0.25, 0.3) is 0 Å². The van der Waals surface area contributed by atoms with Gasteiger partial charge in [0.1, 0.15) is 11.6 Å². The van der Waals surface area contributed by atoms with Crippen LogP contribution in [0.15, 0.2) is 29.6 Å². The van der Waals surface area contributed by atoms with Crippen molar-refractivity contribution in [1.82, 2.24) is 4.98 Å². The van der Waals surface area contributed by atoms with Crippen molar-refractivity contribution >= 4 is 23.0 Å². The second-order valence-electron chi connectivity index (χ2n) is 4.34. The molecular formula is C13H15N3S. The van der Waals surface area contributed by atoms with E-state index in [2.05, 4.69) is 28.3 Å². The van der Waals surface area contributed by atoms with Gasteiger partial charge >= 0.3 is 0 Å². The molecule has 0 bridgehead atoms. The molecule has 0 fully saturated rings. The molecule has 3 heterocycles. The molecule has 1 aliphatic rings. The van der Waals surface area contributed by atoms with Crippen LogP contribution in [0, 0.1) is 0 Å². The van der Waals surface area contributed by atoms with Gasteiger partial charge in [-0.15, -0.1) is 11.3 Å². The molecule has 0 radical (unpaired) electrons.